The fraction of sp³-hybridized carbons (Fsp3) is 0.118. The van der Waals surface area contributed by atoms with Gasteiger partial charge in [0.2, 0.25) is 0 Å². The number of hydrogen-bond acceptors (Lipinski definition) is 3. The van der Waals surface area contributed by atoms with E-state index >= 15 is 0 Å². The number of anilines is 1. The molecule has 0 saturated heterocycles. The summed E-state index contributed by atoms with van der Waals surface area (Å²) in [4.78, 5) is 12.2. The Morgan fingerprint density at radius 3 is 2.33 bits per heavy atom. The Morgan fingerprint density at radius 2 is 1.67 bits per heavy atom. The molecule has 0 bridgehead atoms. The third kappa shape index (κ3) is 2.36. The molecule has 4 nitrogen and oxygen atoms in total. The first-order valence-corrected chi connectivity index (χ1v) is 6.57. The van der Waals surface area contributed by atoms with Crippen molar-refractivity contribution in [3.05, 3.63) is 53.6 Å². The number of rotatable bonds is 3. The van der Waals surface area contributed by atoms with E-state index in [0.29, 0.717) is 17.1 Å². The molecule has 0 spiro atoms. The van der Waals surface area contributed by atoms with Gasteiger partial charge in [-0.25, -0.2) is 0 Å². The first-order chi connectivity index (χ1) is 10.2. The van der Waals surface area contributed by atoms with E-state index in [1.807, 2.05) is 42.5 Å². The minimum Gasteiger partial charge on any atom is -0.493 e. The van der Waals surface area contributed by atoms with Gasteiger partial charge in [0.25, 0.3) is 5.91 Å². The van der Waals surface area contributed by atoms with Crippen LogP contribution in [0.1, 0.15) is 11.1 Å². The minimum absolute atomic E-state index is 0.121. The van der Waals surface area contributed by atoms with E-state index in [9.17, 15) is 4.79 Å². The highest BCUT2D eigenvalue weighted by molar-refractivity contribution is 6.35. The number of ether oxygens (including phenoxy) is 2. The van der Waals surface area contributed by atoms with E-state index in [1.54, 1.807) is 20.3 Å². The van der Waals surface area contributed by atoms with Crippen molar-refractivity contribution in [3.63, 3.8) is 0 Å². The predicted octanol–water partition coefficient (Wildman–Crippen LogP) is 3.20. The van der Waals surface area contributed by atoms with Gasteiger partial charge in [-0.1, -0.05) is 30.3 Å². The molecule has 2 aromatic rings. The summed E-state index contributed by atoms with van der Waals surface area (Å²) >= 11 is 0. The molecular formula is C17H15NO3. The SMILES string of the molecule is COc1cc2c(cc1OC)C(=Cc1ccccc1)C(=O)N2. The molecule has 2 aromatic carbocycles. The Hall–Kier alpha value is -2.75. The molecule has 1 heterocycles. The Kier molecular flexibility index (Phi) is 3.36. The number of nitrogens with one attached hydrogen (secondary N) is 1. The zero-order chi connectivity index (χ0) is 14.8. The van der Waals surface area contributed by atoms with Crippen LogP contribution in [0.15, 0.2) is 42.5 Å². The van der Waals surface area contributed by atoms with Gasteiger partial charge < -0.3 is 14.8 Å². The Balaban J connectivity index is 2.11. The van der Waals surface area contributed by atoms with Crippen molar-refractivity contribution in [3.8, 4) is 11.5 Å². The standard InChI is InChI=1S/C17H15NO3/c1-20-15-9-12-13(8-11-6-4-3-5-7-11)17(19)18-14(12)10-16(15)21-2/h3-10H,1-2H3,(H,18,19). The van der Waals surface area contributed by atoms with Crippen molar-refractivity contribution in [1.82, 2.24) is 0 Å². The lowest BCUT2D eigenvalue weighted by molar-refractivity contribution is -0.110. The summed E-state index contributed by atoms with van der Waals surface area (Å²) in [7, 11) is 3.15. The fourth-order valence-electron chi connectivity index (χ4n) is 2.38. The Bertz CT molecular complexity index is 720. The van der Waals surface area contributed by atoms with Gasteiger partial charge in [-0.15, -0.1) is 0 Å². The van der Waals surface area contributed by atoms with Crippen LogP contribution in [0, 0.1) is 0 Å². The molecule has 21 heavy (non-hydrogen) atoms. The molecule has 1 aliphatic rings. The van der Waals surface area contributed by atoms with Crippen LogP contribution in [0.5, 0.6) is 11.5 Å². The van der Waals surface area contributed by atoms with E-state index in [1.165, 1.54) is 0 Å². The van der Waals surface area contributed by atoms with Crippen molar-refractivity contribution in [1.29, 1.82) is 0 Å². The highest BCUT2D eigenvalue weighted by atomic mass is 16.5. The molecule has 4 heteroatoms. The third-order valence-electron chi connectivity index (χ3n) is 3.42. The lowest BCUT2D eigenvalue weighted by Crippen LogP contribution is -2.03. The number of hydrogen-bond donors (Lipinski definition) is 1. The average Bonchev–Trinajstić information content (AvgIpc) is 2.82. The van der Waals surface area contributed by atoms with E-state index in [4.69, 9.17) is 9.47 Å². The third-order valence-corrected chi connectivity index (χ3v) is 3.42. The quantitative estimate of drug-likeness (QED) is 0.879. The largest absolute Gasteiger partial charge is 0.493 e. The van der Waals surface area contributed by atoms with Crippen molar-refractivity contribution < 1.29 is 14.3 Å². The van der Waals surface area contributed by atoms with Crippen molar-refractivity contribution in [2.45, 2.75) is 0 Å². The molecule has 1 amide bonds. The number of benzene rings is 2. The van der Waals surface area contributed by atoms with Crippen LogP contribution >= 0.6 is 0 Å². The monoisotopic (exact) mass is 281 g/mol. The molecule has 0 unspecified atom stereocenters. The summed E-state index contributed by atoms with van der Waals surface area (Å²) in [6.45, 7) is 0. The second kappa shape index (κ2) is 5.32. The van der Waals surface area contributed by atoms with Gasteiger partial charge in [-0.3, -0.25) is 4.79 Å². The summed E-state index contributed by atoms with van der Waals surface area (Å²) < 4.78 is 10.6. The normalized spacial score (nSPS) is 14.8. The lowest BCUT2D eigenvalue weighted by atomic mass is 10.0. The van der Waals surface area contributed by atoms with Crippen molar-refractivity contribution >= 4 is 23.2 Å². The molecule has 0 atom stereocenters. The maximum Gasteiger partial charge on any atom is 0.256 e. The van der Waals surface area contributed by atoms with E-state index in [0.717, 1.165) is 16.8 Å². The number of carbonyl (C=O) groups is 1. The van der Waals surface area contributed by atoms with Crippen molar-refractivity contribution in [2.75, 3.05) is 19.5 Å². The second-order valence-electron chi connectivity index (χ2n) is 4.68. The van der Waals surface area contributed by atoms with Crippen LogP contribution in [0.4, 0.5) is 5.69 Å². The van der Waals surface area contributed by atoms with Crippen LogP contribution in [-0.4, -0.2) is 20.1 Å². The predicted molar refractivity (Wildman–Crippen MR) is 82.5 cm³/mol. The molecule has 0 saturated carbocycles. The van der Waals surface area contributed by atoms with Gasteiger partial charge in [-0.2, -0.15) is 0 Å². The molecule has 3 rings (SSSR count). The molecule has 1 N–H and O–H groups in total. The van der Waals surface area contributed by atoms with Gasteiger partial charge in [-0.05, 0) is 17.7 Å². The number of amides is 1. The Morgan fingerprint density at radius 1 is 1.00 bits per heavy atom. The average molecular weight is 281 g/mol. The van der Waals surface area contributed by atoms with E-state index in [2.05, 4.69) is 5.32 Å². The maximum absolute atomic E-state index is 12.2. The molecular weight excluding hydrogens is 266 g/mol. The van der Waals surface area contributed by atoms with E-state index < -0.39 is 0 Å². The van der Waals surface area contributed by atoms with Gasteiger partial charge >= 0.3 is 0 Å². The highest BCUT2D eigenvalue weighted by Gasteiger charge is 2.26. The maximum atomic E-state index is 12.2. The molecule has 1 aliphatic heterocycles. The number of carbonyl (C=O) groups excluding carboxylic acids is 1. The summed E-state index contributed by atoms with van der Waals surface area (Å²) in [5.74, 6) is 1.08. The lowest BCUT2D eigenvalue weighted by Gasteiger charge is -2.09. The molecule has 0 fully saturated rings. The Labute approximate surface area is 123 Å². The molecule has 106 valence electrons. The van der Waals surface area contributed by atoms with Gasteiger partial charge in [0.1, 0.15) is 0 Å². The van der Waals surface area contributed by atoms with Crippen LogP contribution in [0.2, 0.25) is 0 Å². The molecule has 0 aromatic heterocycles. The smallest absolute Gasteiger partial charge is 0.256 e. The fourth-order valence-corrected chi connectivity index (χ4v) is 2.38. The summed E-state index contributed by atoms with van der Waals surface area (Å²) in [6, 6.07) is 13.3. The van der Waals surface area contributed by atoms with E-state index in [-0.39, 0.29) is 5.91 Å². The van der Waals surface area contributed by atoms with Crippen LogP contribution in [0.3, 0.4) is 0 Å². The van der Waals surface area contributed by atoms with Crippen LogP contribution in [-0.2, 0) is 4.79 Å². The first kappa shape index (κ1) is 13.2. The summed E-state index contributed by atoms with van der Waals surface area (Å²) in [5.41, 5.74) is 3.16. The number of fused-ring (bicyclic) bond motifs is 1. The zero-order valence-electron chi connectivity index (χ0n) is 11.8. The highest BCUT2D eigenvalue weighted by Crippen LogP contribution is 2.41. The van der Waals surface area contributed by atoms with Gasteiger partial charge in [0, 0.05) is 17.2 Å². The molecule has 0 aliphatic carbocycles. The minimum atomic E-state index is -0.121. The first-order valence-electron chi connectivity index (χ1n) is 6.57. The van der Waals surface area contributed by atoms with Crippen molar-refractivity contribution in [2.24, 2.45) is 0 Å². The molecule has 0 radical (unpaired) electrons. The van der Waals surface area contributed by atoms with Crippen LogP contribution in [0.25, 0.3) is 11.6 Å². The second-order valence-corrected chi connectivity index (χ2v) is 4.68. The number of methoxy groups -OCH3 is 2. The summed E-state index contributed by atoms with van der Waals surface area (Å²) in [6.07, 6.45) is 1.87. The van der Waals surface area contributed by atoms with Gasteiger partial charge in [0.15, 0.2) is 11.5 Å². The zero-order valence-corrected chi connectivity index (χ0v) is 11.8. The summed E-state index contributed by atoms with van der Waals surface area (Å²) in [5, 5.41) is 2.85. The van der Waals surface area contributed by atoms with Crippen LogP contribution < -0.4 is 14.8 Å². The van der Waals surface area contributed by atoms with Gasteiger partial charge in [0.05, 0.1) is 19.9 Å². The topological polar surface area (TPSA) is 47.6 Å².